The number of rotatable bonds is 3. The molecule has 3 rings (SSSR count). The molecule has 21 heavy (non-hydrogen) atoms. The molecule has 3 unspecified atom stereocenters. The Morgan fingerprint density at radius 3 is 2.67 bits per heavy atom. The van der Waals surface area contributed by atoms with Crippen LogP contribution in [0.15, 0.2) is 18.2 Å². The van der Waals surface area contributed by atoms with Gasteiger partial charge in [-0.1, -0.05) is 25.7 Å². The molecular weight excluding hydrogens is 271 g/mol. The summed E-state index contributed by atoms with van der Waals surface area (Å²) in [4.78, 5) is 10.1. The molecule has 0 radical (unpaired) electrons. The van der Waals surface area contributed by atoms with Gasteiger partial charge in [-0.3, -0.25) is 10.1 Å². The molecule has 114 valence electrons. The lowest BCUT2D eigenvalue weighted by Gasteiger charge is -2.39. The summed E-state index contributed by atoms with van der Waals surface area (Å²) in [6, 6.07) is 4.43. The van der Waals surface area contributed by atoms with Crippen molar-refractivity contribution in [2.45, 2.75) is 51.0 Å². The standard InChI is InChI=1S/C16H21FN2O2/c17-15-8-7-14(10-16(15)19(20)21)18-13-6-5-11-3-1-2-4-12(11)9-13/h7-8,10-13,18H,1-6,9H2. The average molecular weight is 292 g/mol. The first-order chi connectivity index (χ1) is 10.1. The molecule has 0 amide bonds. The van der Waals surface area contributed by atoms with Crippen LogP contribution in [0.5, 0.6) is 0 Å². The van der Waals surface area contributed by atoms with Gasteiger partial charge in [-0.25, -0.2) is 0 Å². The predicted octanol–water partition coefficient (Wildman–Crippen LogP) is 4.50. The van der Waals surface area contributed by atoms with Gasteiger partial charge in [0.1, 0.15) is 0 Å². The number of nitro groups is 1. The van der Waals surface area contributed by atoms with Gasteiger partial charge in [0, 0.05) is 17.8 Å². The van der Waals surface area contributed by atoms with E-state index in [2.05, 4.69) is 5.32 Å². The Balaban J connectivity index is 1.66. The zero-order chi connectivity index (χ0) is 14.8. The van der Waals surface area contributed by atoms with Crippen molar-refractivity contribution in [3.63, 3.8) is 0 Å². The van der Waals surface area contributed by atoms with Gasteiger partial charge < -0.3 is 5.32 Å². The number of benzene rings is 1. The number of halogens is 1. The highest BCUT2D eigenvalue weighted by Crippen LogP contribution is 2.41. The Hall–Kier alpha value is -1.65. The minimum Gasteiger partial charge on any atom is -0.382 e. The van der Waals surface area contributed by atoms with Crippen LogP contribution in [0.1, 0.15) is 44.9 Å². The number of nitrogens with zero attached hydrogens (tertiary/aromatic N) is 1. The molecule has 0 spiro atoms. The molecule has 2 saturated carbocycles. The second-order valence-electron chi connectivity index (χ2n) is 6.38. The van der Waals surface area contributed by atoms with E-state index in [0.717, 1.165) is 24.7 Å². The molecule has 1 aromatic rings. The molecule has 5 heteroatoms. The number of anilines is 1. The third-order valence-electron chi connectivity index (χ3n) is 5.05. The highest BCUT2D eigenvalue weighted by molar-refractivity contribution is 5.52. The van der Waals surface area contributed by atoms with Crippen LogP contribution in [0.3, 0.4) is 0 Å². The number of nitro benzene ring substituents is 1. The first-order valence-corrected chi connectivity index (χ1v) is 7.84. The van der Waals surface area contributed by atoms with Crippen LogP contribution >= 0.6 is 0 Å². The SMILES string of the molecule is O=[N+]([O-])c1cc(NC2CCC3CCCCC3C2)ccc1F. The summed E-state index contributed by atoms with van der Waals surface area (Å²) in [6.45, 7) is 0. The van der Waals surface area contributed by atoms with E-state index in [1.165, 1.54) is 44.2 Å². The van der Waals surface area contributed by atoms with Gasteiger partial charge in [0.15, 0.2) is 0 Å². The molecule has 2 fully saturated rings. The Kier molecular flexibility index (Phi) is 4.08. The lowest BCUT2D eigenvalue weighted by Crippen LogP contribution is -2.34. The van der Waals surface area contributed by atoms with E-state index in [1.807, 2.05) is 0 Å². The predicted molar refractivity (Wildman–Crippen MR) is 79.8 cm³/mol. The number of fused-ring (bicyclic) bond motifs is 1. The zero-order valence-corrected chi connectivity index (χ0v) is 12.1. The van der Waals surface area contributed by atoms with Crippen molar-refractivity contribution >= 4 is 11.4 Å². The first-order valence-electron chi connectivity index (χ1n) is 7.84. The normalized spacial score (nSPS) is 28.7. The van der Waals surface area contributed by atoms with Crippen LogP contribution in [-0.4, -0.2) is 11.0 Å². The minimum atomic E-state index is -0.776. The maximum atomic E-state index is 13.4. The molecule has 0 bridgehead atoms. The highest BCUT2D eigenvalue weighted by atomic mass is 19.1. The van der Waals surface area contributed by atoms with Crippen LogP contribution in [0.25, 0.3) is 0 Å². The van der Waals surface area contributed by atoms with E-state index in [4.69, 9.17) is 0 Å². The molecule has 3 atom stereocenters. The summed E-state index contributed by atoms with van der Waals surface area (Å²) in [5, 5.41) is 14.2. The maximum absolute atomic E-state index is 13.4. The molecule has 0 aliphatic heterocycles. The Morgan fingerprint density at radius 2 is 1.90 bits per heavy atom. The minimum absolute atomic E-state index is 0.356. The van der Waals surface area contributed by atoms with Crippen LogP contribution in [0.4, 0.5) is 15.8 Å². The van der Waals surface area contributed by atoms with Gasteiger partial charge in [0.2, 0.25) is 5.82 Å². The lowest BCUT2D eigenvalue weighted by molar-refractivity contribution is -0.387. The fourth-order valence-corrected chi connectivity index (χ4v) is 3.98. The van der Waals surface area contributed by atoms with E-state index in [0.29, 0.717) is 11.7 Å². The van der Waals surface area contributed by atoms with Crippen molar-refractivity contribution in [1.29, 1.82) is 0 Å². The Labute approximate surface area is 123 Å². The van der Waals surface area contributed by atoms with Crippen LogP contribution in [-0.2, 0) is 0 Å². The molecule has 0 heterocycles. The second kappa shape index (κ2) is 6.00. The topological polar surface area (TPSA) is 55.2 Å². The summed E-state index contributed by atoms with van der Waals surface area (Å²) in [5.41, 5.74) is 0.203. The van der Waals surface area contributed by atoms with Gasteiger partial charge in [-0.2, -0.15) is 4.39 Å². The number of hydrogen-bond acceptors (Lipinski definition) is 3. The fraction of sp³-hybridized carbons (Fsp3) is 0.625. The van der Waals surface area contributed by atoms with Crippen molar-refractivity contribution in [2.75, 3.05) is 5.32 Å². The summed E-state index contributed by atoms with van der Waals surface area (Å²) >= 11 is 0. The quantitative estimate of drug-likeness (QED) is 0.659. The van der Waals surface area contributed by atoms with Crippen molar-refractivity contribution in [3.05, 3.63) is 34.1 Å². The van der Waals surface area contributed by atoms with E-state index < -0.39 is 16.4 Å². The molecule has 1 N–H and O–H groups in total. The highest BCUT2D eigenvalue weighted by Gasteiger charge is 2.32. The Bertz CT molecular complexity index is 535. The van der Waals surface area contributed by atoms with Crippen LogP contribution < -0.4 is 5.32 Å². The largest absolute Gasteiger partial charge is 0.382 e. The Morgan fingerprint density at radius 1 is 1.14 bits per heavy atom. The smallest absolute Gasteiger partial charge is 0.306 e. The van der Waals surface area contributed by atoms with E-state index in [9.17, 15) is 14.5 Å². The van der Waals surface area contributed by atoms with Crippen molar-refractivity contribution in [1.82, 2.24) is 0 Å². The molecule has 2 aliphatic carbocycles. The van der Waals surface area contributed by atoms with E-state index in [-0.39, 0.29) is 0 Å². The molecule has 2 aliphatic rings. The van der Waals surface area contributed by atoms with Crippen LogP contribution in [0.2, 0.25) is 0 Å². The first kappa shape index (κ1) is 14.3. The fourth-order valence-electron chi connectivity index (χ4n) is 3.98. The van der Waals surface area contributed by atoms with Crippen molar-refractivity contribution < 1.29 is 9.31 Å². The van der Waals surface area contributed by atoms with Gasteiger partial charge in [-0.15, -0.1) is 0 Å². The molecule has 4 nitrogen and oxygen atoms in total. The summed E-state index contributed by atoms with van der Waals surface area (Å²) in [5.74, 6) is 0.890. The molecular formula is C16H21FN2O2. The van der Waals surface area contributed by atoms with Crippen LogP contribution in [0, 0.1) is 27.8 Å². The summed E-state index contributed by atoms with van der Waals surface area (Å²) < 4.78 is 13.4. The summed E-state index contributed by atoms with van der Waals surface area (Å²) in [7, 11) is 0. The molecule has 0 saturated heterocycles. The maximum Gasteiger partial charge on any atom is 0.306 e. The average Bonchev–Trinajstić information content (AvgIpc) is 2.49. The summed E-state index contributed by atoms with van der Waals surface area (Å²) in [6.07, 6.45) is 8.85. The van der Waals surface area contributed by atoms with Crippen molar-refractivity contribution in [3.8, 4) is 0 Å². The third kappa shape index (κ3) is 3.17. The zero-order valence-electron chi connectivity index (χ0n) is 12.1. The molecule has 0 aromatic heterocycles. The van der Waals surface area contributed by atoms with E-state index in [1.54, 1.807) is 6.07 Å². The third-order valence-corrected chi connectivity index (χ3v) is 5.05. The van der Waals surface area contributed by atoms with Gasteiger partial charge in [0.25, 0.3) is 0 Å². The van der Waals surface area contributed by atoms with Crippen molar-refractivity contribution in [2.24, 2.45) is 11.8 Å². The lowest BCUT2D eigenvalue weighted by atomic mass is 9.69. The number of nitrogens with one attached hydrogen (secondary N) is 1. The van der Waals surface area contributed by atoms with Gasteiger partial charge in [-0.05, 0) is 43.2 Å². The van der Waals surface area contributed by atoms with Gasteiger partial charge >= 0.3 is 5.69 Å². The second-order valence-corrected chi connectivity index (χ2v) is 6.38. The molecule has 1 aromatic carbocycles. The number of hydrogen-bond donors (Lipinski definition) is 1. The van der Waals surface area contributed by atoms with Gasteiger partial charge in [0.05, 0.1) is 4.92 Å². The monoisotopic (exact) mass is 292 g/mol. The van der Waals surface area contributed by atoms with E-state index >= 15 is 0 Å².